The van der Waals surface area contributed by atoms with Crippen molar-refractivity contribution >= 4 is 31.9 Å². The molecule has 0 unspecified atom stereocenters. The van der Waals surface area contributed by atoms with E-state index in [4.69, 9.17) is 5.11 Å². The summed E-state index contributed by atoms with van der Waals surface area (Å²) in [6.07, 6.45) is -1.68. The van der Waals surface area contributed by atoms with Gasteiger partial charge in [0.2, 0.25) is 10.0 Å². The second kappa shape index (κ2) is 7.73. The highest BCUT2D eigenvalue weighted by Crippen LogP contribution is 2.38. The number of aliphatic carboxylic acids is 1. The van der Waals surface area contributed by atoms with Crippen LogP contribution in [0.5, 0.6) is 0 Å². The van der Waals surface area contributed by atoms with Crippen LogP contribution in [0, 0.1) is 0 Å². The zero-order valence-corrected chi connectivity index (χ0v) is 17.6. The first-order valence-corrected chi connectivity index (χ1v) is 10.8. The summed E-state index contributed by atoms with van der Waals surface area (Å²) in [6.45, 7) is -0.348. The van der Waals surface area contributed by atoms with Crippen molar-refractivity contribution in [2.45, 2.75) is 42.9 Å². The molecule has 0 aliphatic heterocycles. The molecule has 0 amide bonds. The Hall–Kier alpha value is -1.92. The van der Waals surface area contributed by atoms with Crippen LogP contribution in [-0.2, 0) is 34.0 Å². The molecule has 1 aromatic heterocycles. The molecule has 1 aliphatic carbocycles. The highest BCUT2D eigenvalue weighted by Gasteiger charge is 2.37. The fraction of sp³-hybridized carbons (Fsp3) is 0.412. The Kier molecular flexibility index (Phi) is 5.80. The number of nitrogens with zero attached hydrogens (tertiary/aromatic N) is 3. The van der Waals surface area contributed by atoms with Crippen LogP contribution < -0.4 is 0 Å². The van der Waals surface area contributed by atoms with Crippen molar-refractivity contribution in [1.82, 2.24) is 14.1 Å². The summed E-state index contributed by atoms with van der Waals surface area (Å²) in [5.41, 5.74) is 0.114. The highest BCUT2D eigenvalue weighted by atomic mass is 79.9. The molecule has 0 bridgehead atoms. The lowest BCUT2D eigenvalue weighted by Gasteiger charge is -2.31. The van der Waals surface area contributed by atoms with E-state index in [-0.39, 0.29) is 11.0 Å². The number of rotatable bonds is 5. The second-order valence-electron chi connectivity index (χ2n) is 6.70. The van der Waals surface area contributed by atoms with Gasteiger partial charge < -0.3 is 5.11 Å². The van der Waals surface area contributed by atoms with E-state index in [1.165, 1.54) is 17.9 Å². The Balaban J connectivity index is 1.99. The summed E-state index contributed by atoms with van der Waals surface area (Å²) in [5.74, 6) is -1.08. The summed E-state index contributed by atoms with van der Waals surface area (Å²) in [5, 5.41) is 13.0. The van der Waals surface area contributed by atoms with E-state index >= 15 is 0 Å². The molecule has 1 N–H and O–H groups in total. The maximum Gasteiger partial charge on any atom is 0.416 e. The van der Waals surface area contributed by atoms with Crippen LogP contribution in [0.25, 0.3) is 0 Å². The summed E-state index contributed by atoms with van der Waals surface area (Å²) >= 11 is 2.94. The predicted octanol–water partition coefficient (Wildman–Crippen LogP) is 3.45. The second-order valence-corrected chi connectivity index (χ2v) is 9.61. The number of hydrogen-bond donors (Lipinski definition) is 1. The van der Waals surface area contributed by atoms with Gasteiger partial charge >= 0.3 is 12.1 Å². The highest BCUT2D eigenvalue weighted by molar-refractivity contribution is 9.10. The van der Waals surface area contributed by atoms with Gasteiger partial charge in [-0.2, -0.15) is 22.6 Å². The molecule has 0 saturated carbocycles. The van der Waals surface area contributed by atoms with Crippen molar-refractivity contribution in [3.05, 3.63) is 45.7 Å². The Morgan fingerprint density at radius 2 is 2.07 bits per heavy atom. The zero-order valence-electron chi connectivity index (χ0n) is 15.1. The lowest BCUT2D eigenvalue weighted by molar-refractivity contribution is -0.138. The third-order valence-electron chi connectivity index (χ3n) is 4.83. The quantitative estimate of drug-likeness (QED) is 0.685. The Morgan fingerprint density at radius 1 is 1.38 bits per heavy atom. The summed E-state index contributed by atoms with van der Waals surface area (Å²) < 4.78 is 67.8. The minimum absolute atomic E-state index is 0.00193. The molecule has 1 heterocycles. The lowest BCUT2D eigenvalue weighted by atomic mass is 9.93. The fourth-order valence-corrected chi connectivity index (χ4v) is 5.53. The summed E-state index contributed by atoms with van der Waals surface area (Å²) in [6, 6.07) is 1.89. The third-order valence-corrected chi connectivity index (χ3v) is 7.13. The van der Waals surface area contributed by atoms with Gasteiger partial charge in [0.05, 0.1) is 22.7 Å². The van der Waals surface area contributed by atoms with Crippen molar-refractivity contribution in [3.63, 3.8) is 0 Å². The molecule has 158 valence electrons. The first-order valence-electron chi connectivity index (χ1n) is 8.53. The smallest absolute Gasteiger partial charge is 0.416 e. The van der Waals surface area contributed by atoms with Crippen molar-refractivity contribution in [1.29, 1.82) is 0 Å². The molecular formula is C17H17BrF3N3O4S. The number of fused-ring (bicyclic) bond motifs is 1. The van der Waals surface area contributed by atoms with Crippen LogP contribution in [-0.4, -0.2) is 40.6 Å². The van der Waals surface area contributed by atoms with Crippen LogP contribution in [0.2, 0.25) is 0 Å². The molecule has 0 fully saturated rings. The molecule has 7 nitrogen and oxygen atoms in total. The Bertz CT molecular complexity index is 1050. The maximum absolute atomic E-state index is 13.1. The number of sulfonamides is 1. The van der Waals surface area contributed by atoms with E-state index in [9.17, 15) is 26.4 Å². The minimum Gasteiger partial charge on any atom is -0.480 e. The standard InChI is InChI=1S/C17H17BrF3N3O4S/c1-23(14-3-2-4-15-13(14)8-22-24(15)9-16(25)26)29(27,28)12-6-10(17(19,20)21)5-11(18)7-12/h5-8,14H,2-4,9H2,1H3,(H,25,26)/t14-/m1/s1. The Labute approximate surface area is 173 Å². The molecule has 0 radical (unpaired) electrons. The van der Waals surface area contributed by atoms with E-state index in [0.717, 1.165) is 16.4 Å². The van der Waals surface area contributed by atoms with Crippen LogP contribution in [0.15, 0.2) is 33.8 Å². The first kappa shape index (κ1) is 21.8. The number of carboxylic acids is 1. The van der Waals surface area contributed by atoms with Crippen molar-refractivity contribution in [2.24, 2.45) is 0 Å². The van der Waals surface area contributed by atoms with Gasteiger partial charge in [0.25, 0.3) is 0 Å². The van der Waals surface area contributed by atoms with Crippen LogP contribution >= 0.6 is 15.9 Å². The maximum atomic E-state index is 13.1. The number of alkyl halides is 3. The molecule has 0 spiro atoms. The number of halogens is 4. The number of hydrogen-bond acceptors (Lipinski definition) is 4. The minimum atomic E-state index is -4.69. The Morgan fingerprint density at radius 3 is 2.69 bits per heavy atom. The van der Waals surface area contributed by atoms with E-state index < -0.39 is 38.7 Å². The first-order chi connectivity index (χ1) is 13.4. The third kappa shape index (κ3) is 4.33. The normalized spacial score (nSPS) is 17.4. The van der Waals surface area contributed by atoms with Crippen molar-refractivity contribution < 1.29 is 31.5 Å². The fourth-order valence-electron chi connectivity index (χ4n) is 3.45. The lowest BCUT2D eigenvalue weighted by Crippen LogP contribution is -2.33. The molecule has 12 heteroatoms. The van der Waals surface area contributed by atoms with E-state index in [1.807, 2.05) is 0 Å². The predicted molar refractivity (Wildman–Crippen MR) is 99.6 cm³/mol. The molecule has 1 atom stereocenters. The molecule has 3 rings (SSSR count). The SMILES string of the molecule is CN([C@@H]1CCCc2c1cnn2CC(=O)O)S(=O)(=O)c1cc(Br)cc(C(F)(F)F)c1. The van der Waals surface area contributed by atoms with E-state index in [2.05, 4.69) is 21.0 Å². The largest absolute Gasteiger partial charge is 0.480 e. The molecule has 1 aromatic carbocycles. The monoisotopic (exact) mass is 495 g/mol. The average Bonchev–Trinajstić information content (AvgIpc) is 3.02. The number of aromatic nitrogens is 2. The average molecular weight is 496 g/mol. The van der Waals surface area contributed by atoms with Crippen molar-refractivity contribution in [2.75, 3.05) is 7.05 Å². The van der Waals surface area contributed by atoms with E-state index in [0.29, 0.717) is 36.6 Å². The van der Waals surface area contributed by atoms with Gasteiger partial charge in [-0.1, -0.05) is 15.9 Å². The van der Waals surface area contributed by atoms with Gasteiger partial charge in [0.1, 0.15) is 6.54 Å². The number of carbonyl (C=O) groups is 1. The van der Waals surface area contributed by atoms with Gasteiger partial charge in [0, 0.05) is 22.8 Å². The van der Waals surface area contributed by atoms with Crippen LogP contribution in [0.1, 0.15) is 35.7 Å². The zero-order chi connectivity index (χ0) is 21.6. The van der Waals surface area contributed by atoms with Gasteiger partial charge in [0.15, 0.2) is 0 Å². The van der Waals surface area contributed by atoms with Gasteiger partial charge in [-0.15, -0.1) is 0 Å². The van der Waals surface area contributed by atoms with Crippen molar-refractivity contribution in [3.8, 4) is 0 Å². The molecule has 1 aliphatic rings. The molecule has 0 saturated heterocycles. The van der Waals surface area contributed by atoms with Crippen LogP contribution in [0.4, 0.5) is 13.2 Å². The van der Waals surface area contributed by atoms with Gasteiger partial charge in [-0.3, -0.25) is 9.48 Å². The van der Waals surface area contributed by atoms with Crippen LogP contribution in [0.3, 0.4) is 0 Å². The van der Waals surface area contributed by atoms with E-state index in [1.54, 1.807) is 0 Å². The van der Waals surface area contributed by atoms with Gasteiger partial charge in [-0.05, 0) is 37.5 Å². The summed E-state index contributed by atoms with van der Waals surface area (Å²) in [4.78, 5) is 10.5. The number of carboxylic acid groups (broad SMARTS) is 1. The summed E-state index contributed by atoms with van der Waals surface area (Å²) in [7, 11) is -2.95. The molecule has 2 aromatic rings. The molecule has 29 heavy (non-hydrogen) atoms. The van der Waals surface area contributed by atoms with Gasteiger partial charge in [-0.25, -0.2) is 8.42 Å². The number of benzene rings is 1. The molecular weight excluding hydrogens is 479 g/mol. The topological polar surface area (TPSA) is 92.5 Å².